The first-order chi connectivity index (χ1) is 10.8. The van der Waals surface area contributed by atoms with Crippen LogP contribution in [0, 0.1) is 6.92 Å². The average Bonchev–Trinajstić information content (AvgIpc) is 3.02. The summed E-state index contributed by atoms with van der Waals surface area (Å²) in [6.45, 7) is 2.09. The molecule has 0 aliphatic heterocycles. The van der Waals surface area contributed by atoms with Gasteiger partial charge in [0.2, 0.25) is 5.82 Å². The number of ether oxygens (including phenoxy) is 1. The number of pyridine rings is 1. The molecular formula is C16H15N3O3. The Morgan fingerprint density at radius 3 is 2.77 bits per heavy atom. The Bertz CT molecular complexity index is 753. The molecule has 0 amide bonds. The molecule has 0 radical (unpaired) electrons. The molecule has 2 heterocycles. The van der Waals surface area contributed by atoms with E-state index in [1.807, 2.05) is 31.2 Å². The van der Waals surface area contributed by atoms with Gasteiger partial charge in [-0.3, -0.25) is 4.98 Å². The second kappa shape index (κ2) is 6.36. The smallest absolute Gasteiger partial charge is 0.258 e. The van der Waals surface area contributed by atoms with Crippen LogP contribution in [0.1, 0.15) is 17.1 Å². The lowest BCUT2D eigenvalue weighted by Gasteiger charge is -2.03. The molecule has 0 spiro atoms. The molecule has 0 saturated heterocycles. The highest BCUT2D eigenvalue weighted by molar-refractivity contribution is 5.57. The van der Waals surface area contributed by atoms with E-state index in [0.29, 0.717) is 23.2 Å². The molecular weight excluding hydrogens is 282 g/mol. The van der Waals surface area contributed by atoms with Crippen LogP contribution in [-0.4, -0.2) is 20.2 Å². The third-order valence-corrected chi connectivity index (χ3v) is 3.17. The number of hydrogen-bond acceptors (Lipinski definition) is 6. The first-order valence-corrected chi connectivity index (χ1v) is 6.83. The lowest BCUT2D eigenvalue weighted by molar-refractivity contribution is 0.273. The molecule has 6 nitrogen and oxygen atoms in total. The van der Waals surface area contributed by atoms with Crippen LogP contribution < -0.4 is 4.74 Å². The highest BCUT2D eigenvalue weighted by Crippen LogP contribution is 2.21. The Morgan fingerprint density at radius 1 is 1.18 bits per heavy atom. The summed E-state index contributed by atoms with van der Waals surface area (Å²) in [7, 11) is 0. The van der Waals surface area contributed by atoms with Gasteiger partial charge in [0.25, 0.3) is 5.89 Å². The molecule has 2 aromatic heterocycles. The number of aromatic nitrogens is 3. The molecule has 0 atom stereocenters. The van der Waals surface area contributed by atoms with Gasteiger partial charge in [-0.05, 0) is 30.7 Å². The molecule has 3 rings (SSSR count). The molecule has 0 bridgehead atoms. The van der Waals surface area contributed by atoms with Crippen LogP contribution in [0.2, 0.25) is 0 Å². The van der Waals surface area contributed by atoms with Crippen molar-refractivity contribution in [1.82, 2.24) is 15.1 Å². The van der Waals surface area contributed by atoms with E-state index in [4.69, 9.17) is 14.4 Å². The zero-order valence-corrected chi connectivity index (χ0v) is 12.1. The molecule has 0 saturated carbocycles. The lowest BCUT2D eigenvalue weighted by atomic mass is 10.1. The van der Waals surface area contributed by atoms with Crippen molar-refractivity contribution in [1.29, 1.82) is 0 Å². The van der Waals surface area contributed by atoms with Crippen LogP contribution in [0.5, 0.6) is 5.75 Å². The third-order valence-electron chi connectivity index (χ3n) is 3.17. The van der Waals surface area contributed by atoms with Gasteiger partial charge in [-0.1, -0.05) is 23.4 Å². The molecule has 3 aromatic rings. The summed E-state index contributed by atoms with van der Waals surface area (Å²) >= 11 is 0. The van der Waals surface area contributed by atoms with E-state index in [0.717, 1.165) is 11.1 Å². The molecule has 0 unspecified atom stereocenters. The van der Waals surface area contributed by atoms with E-state index in [9.17, 15) is 0 Å². The van der Waals surface area contributed by atoms with Crippen molar-refractivity contribution >= 4 is 0 Å². The Kier molecular flexibility index (Phi) is 4.11. The Hall–Kier alpha value is -2.73. The number of hydrogen-bond donors (Lipinski definition) is 1. The number of rotatable bonds is 5. The van der Waals surface area contributed by atoms with Gasteiger partial charge >= 0.3 is 0 Å². The fourth-order valence-corrected chi connectivity index (χ4v) is 1.97. The summed E-state index contributed by atoms with van der Waals surface area (Å²) in [5.41, 5.74) is 2.58. The van der Waals surface area contributed by atoms with E-state index >= 15 is 0 Å². The molecule has 1 aromatic carbocycles. The highest BCUT2D eigenvalue weighted by Gasteiger charge is 2.11. The minimum atomic E-state index is -0.0924. The summed E-state index contributed by atoms with van der Waals surface area (Å²) < 4.78 is 10.8. The van der Waals surface area contributed by atoms with Crippen LogP contribution in [0.4, 0.5) is 0 Å². The summed E-state index contributed by atoms with van der Waals surface area (Å²) in [5, 5.41) is 12.8. The van der Waals surface area contributed by atoms with Crippen molar-refractivity contribution in [3.05, 3.63) is 59.7 Å². The molecule has 112 valence electrons. The van der Waals surface area contributed by atoms with E-state index in [2.05, 4.69) is 15.1 Å². The van der Waals surface area contributed by atoms with Crippen molar-refractivity contribution < 1.29 is 14.4 Å². The first-order valence-electron chi connectivity index (χ1n) is 6.83. The topological polar surface area (TPSA) is 81.3 Å². The van der Waals surface area contributed by atoms with Gasteiger partial charge in [0.15, 0.2) is 6.61 Å². The standard InChI is InChI=1S/C16H15N3O3/c1-11-4-2-3-5-14(11)16-18-15(19-22-16)10-21-13-7-6-12(9-20)17-8-13/h2-8,20H,9-10H2,1H3. The van der Waals surface area contributed by atoms with E-state index in [1.54, 1.807) is 18.3 Å². The van der Waals surface area contributed by atoms with Crippen molar-refractivity contribution in [3.63, 3.8) is 0 Å². The number of nitrogens with zero attached hydrogens (tertiary/aromatic N) is 3. The average molecular weight is 297 g/mol. The normalized spacial score (nSPS) is 10.6. The number of aryl methyl sites for hydroxylation is 1. The fraction of sp³-hybridized carbons (Fsp3) is 0.188. The number of benzene rings is 1. The van der Waals surface area contributed by atoms with Crippen LogP contribution >= 0.6 is 0 Å². The summed E-state index contributed by atoms with van der Waals surface area (Å²) in [4.78, 5) is 8.36. The summed E-state index contributed by atoms with van der Waals surface area (Å²) in [5.74, 6) is 1.52. The minimum absolute atomic E-state index is 0.0924. The van der Waals surface area contributed by atoms with Gasteiger partial charge in [-0.25, -0.2) is 0 Å². The zero-order chi connectivity index (χ0) is 15.4. The Morgan fingerprint density at radius 2 is 2.05 bits per heavy atom. The van der Waals surface area contributed by atoms with E-state index in [1.165, 1.54) is 0 Å². The Balaban J connectivity index is 1.68. The largest absolute Gasteiger partial charge is 0.484 e. The van der Waals surface area contributed by atoms with Crippen molar-refractivity contribution in [2.24, 2.45) is 0 Å². The molecule has 0 aliphatic rings. The SMILES string of the molecule is Cc1ccccc1-c1nc(COc2ccc(CO)nc2)no1. The highest BCUT2D eigenvalue weighted by atomic mass is 16.5. The van der Waals surface area contributed by atoms with E-state index < -0.39 is 0 Å². The van der Waals surface area contributed by atoms with Gasteiger partial charge in [-0.15, -0.1) is 0 Å². The fourth-order valence-electron chi connectivity index (χ4n) is 1.97. The van der Waals surface area contributed by atoms with Gasteiger partial charge in [0.1, 0.15) is 5.75 Å². The van der Waals surface area contributed by atoms with Gasteiger partial charge in [0.05, 0.1) is 18.5 Å². The third kappa shape index (κ3) is 3.12. The van der Waals surface area contributed by atoms with Crippen molar-refractivity contribution in [2.75, 3.05) is 0 Å². The second-order valence-electron chi connectivity index (χ2n) is 4.76. The number of aliphatic hydroxyl groups excluding tert-OH is 1. The predicted octanol–water partition coefficient (Wildman–Crippen LogP) is 2.51. The van der Waals surface area contributed by atoms with Crippen LogP contribution in [0.25, 0.3) is 11.5 Å². The van der Waals surface area contributed by atoms with Crippen LogP contribution in [-0.2, 0) is 13.2 Å². The quantitative estimate of drug-likeness (QED) is 0.779. The van der Waals surface area contributed by atoms with Crippen LogP contribution in [0.3, 0.4) is 0 Å². The molecule has 6 heteroatoms. The zero-order valence-electron chi connectivity index (χ0n) is 12.1. The predicted molar refractivity (Wildman–Crippen MR) is 79.0 cm³/mol. The maximum absolute atomic E-state index is 8.93. The van der Waals surface area contributed by atoms with E-state index in [-0.39, 0.29) is 13.2 Å². The van der Waals surface area contributed by atoms with Crippen LogP contribution in [0.15, 0.2) is 47.1 Å². The lowest BCUT2D eigenvalue weighted by Crippen LogP contribution is -1.98. The maximum Gasteiger partial charge on any atom is 0.258 e. The maximum atomic E-state index is 8.93. The molecule has 22 heavy (non-hydrogen) atoms. The summed E-state index contributed by atoms with van der Waals surface area (Å²) in [6, 6.07) is 11.2. The van der Waals surface area contributed by atoms with Gasteiger partial charge < -0.3 is 14.4 Å². The number of aliphatic hydroxyl groups is 1. The second-order valence-corrected chi connectivity index (χ2v) is 4.76. The molecule has 0 fully saturated rings. The first kappa shape index (κ1) is 14.2. The summed E-state index contributed by atoms with van der Waals surface area (Å²) in [6.07, 6.45) is 1.55. The van der Waals surface area contributed by atoms with Gasteiger partial charge in [0, 0.05) is 5.56 Å². The van der Waals surface area contributed by atoms with Gasteiger partial charge in [-0.2, -0.15) is 4.98 Å². The van der Waals surface area contributed by atoms with Crippen molar-refractivity contribution in [3.8, 4) is 17.2 Å². The van der Waals surface area contributed by atoms with Crippen molar-refractivity contribution in [2.45, 2.75) is 20.1 Å². The molecule has 1 N–H and O–H groups in total. The Labute approximate surface area is 127 Å². The monoisotopic (exact) mass is 297 g/mol. The minimum Gasteiger partial charge on any atom is -0.484 e. The molecule has 0 aliphatic carbocycles.